The van der Waals surface area contributed by atoms with Gasteiger partial charge in [-0.1, -0.05) is 6.07 Å². The van der Waals surface area contributed by atoms with Crippen molar-refractivity contribution in [2.75, 3.05) is 19.5 Å². The molecule has 0 saturated carbocycles. The quantitative estimate of drug-likeness (QED) is 0.652. The molecule has 0 fully saturated rings. The van der Waals surface area contributed by atoms with E-state index in [0.717, 1.165) is 5.56 Å². The molecule has 21 heavy (non-hydrogen) atoms. The molecular weight excluding hydrogens is 272 g/mol. The Hall–Kier alpha value is -2.76. The highest BCUT2D eigenvalue weighted by Gasteiger charge is 2.07. The zero-order chi connectivity index (χ0) is 15.2. The van der Waals surface area contributed by atoms with Crippen molar-refractivity contribution in [3.63, 3.8) is 0 Å². The zero-order valence-electron chi connectivity index (χ0n) is 11.8. The largest absolute Gasteiger partial charge is 0.497 e. The molecule has 0 unspecified atom stereocenters. The number of methoxy groups -OCH3 is 2. The van der Waals surface area contributed by atoms with E-state index in [9.17, 15) is 10.1 Å². The Balaban J connectivity index is 2.12. The third-order valence-electron chi connectivity index (χ3n) is 3.03. The van der Waals surface area contributed by atoms with Gasteiger partial charge in [-0.3, -0.25) is 10.1 Å². The van der Waals surface area contributed by atoms with Crippen LogP contribution in [0, 0.1) is 10.1 Å². The Bertz CT molecular complexity index is 643. The number of hydrogen-bond donors (Lipinski definition) is 1. The molecule has 2 aromatic carbocycles. The van der Waals surface area contributed by atoms with Gasteiger partial charge in [0.1, 0.15) is 11.5 Å². The van der Waals surface area contributed by atoms with Crippen molar-refractivity contribution in [3.8, 4) is 11.5 Å². The van der Waals surface area contributed by atoms with Gasteiger partial charge in [0.15, 0.2) is 0 Å². The van der Waals surface area contributed by atoms with Gasteiger partial charge >= 0.3 is 0 Å². The monoisotopic (exact) mass is 288 g/mol. The highest BCUT2D eigenvalue weighted by molar-refractivity contribution is 5.52. The number of ether oxygens (including phenoxy) is 2. The van der Waals surface area contributed by atoms with E-state index in [1.54, 1.807) is 32.4 Å². The van der Waals surface area contributed by atoms with Gasteiger partial charge < -0.3 is 14.8 Å². The first kappa shape index (κ1) is 14.6. The van der Waals surface area contributed by atoms with E-state index in [2.05, 4.69) is 5.32 Å². The van der Waals surface area contributed by atoms with Gasteiger partial charge in [0.2, 0.25) is 0 Å². The molecular formula is C15H16N2O4. The topological polar surface area (TPSA) is 73.6 Å². The van der Waals surface area contributed by atoms with Crippen LogP contribution < -0.4 is 14.8 Å². The summed E-state index contributed by atoms with van der Waals surface area (Å²) in [6.07, 6.45) is 0. The first-order valence-electron chi connectivity index (χ1n) is 6.33. The van der Waals surface area contributed by atoms with Crippen molar-refractivity contribution >= 4 is 11.4 Å². The van der Waals surface area contributed by atoms with Gasteiger partial charge in [0, 0.05) is 36.0 Å². The van der Waals surface area contributed by atoms with E-state index < -0.39 is 4.92 Å². The zero-order valence-corrected chi connectivity index (χ0v) is 11.8. The molecule has 0 bridgehead atoms. The van der Waals surface area contributed by atoms with Crippen LogP contribution in [0.2, 0.25) is 0 Å². The number of nitro benzene ring substituents is 1. The number of nitrogens with zero attached hydrogens (tertiary/aromatic N) is 1. The standard InChI is InChI=1S/C15H16N2O4/c1-20-14-7-6-11(15(9-14)21-2)10-16-12-4-3-5-13(8-12)17(18)19/h3-9,16H,10H2,1-2H3. The van der Waals surface area contributed by atoms with E-state index in [4.69, 9.17) is 9.47 Å². The number of benzene rings is 2. The number of anilines is 1. The SMILES string of the molecule is COc1ccc(CNc2cccc([N+](=O)[O-])c2)c(OC)c1. The molecule has 6 nitrogen and oxygen atoms in total. The fraction of sp³-hybridized carbons (Fsp3) is 0.200. The lowest BCUT2D eigenvalue weighted by Gasteiger charge is -2.12. The first-order chi connectivity index (χ1) is 10.1. The summed E-state index contributed by atoms with van der Waals surface area (Å²) in [6.45, 7) is 0.494. The highest BCUT2D eigenvalue weighted by atomic mass is 16.6. The molecule has 2 rings (SSSR count). The summed E-state index contributed by atoms with van der Waals surface area (Å²) in [5.41, 5.74) is 1.67. The fourth-order valence-electron chi connectivity index (χ4n) is 1.92. The van der Waals surface area contributed by atoms with Gasteiger partial charge in [-0.2, -0.15) is 0 Å². The van der Waals surface area contributed by atoms with Crippen LogP contribution in [-0.4, -0.2) is 19.1 Å². The average molecular weight is 288 g/mol. The van der Waals surface area contributed by atoms with Crippen molar-refractivity contribution in [2.45, 2.75) is 6.54 Å². The van der Waals surface area contributed by atoms with E-state index in [1.165, 1.54) is 12.1 Å². The predicted molar refractivity (Wildman–Crippen MR) is 80.0 cm³/mol. The fourth-order valence-corrected chi connectivity index (χ4v) is 1.92. The summed E-state index contributed by atoms with van der Waals surface area (Å²) < 4.78 is 10.5. The summed E-state index contributed by atoms with van der Waals surface area (Å²) in [4.78, 5) is 10.3. The minimum atomic E-state index is -0.418. The van der Waals surface area contributed by atoms with Crippen LogP contribution in [0.1, 0.15) is 5.56 Å². The van der Waals surface area contributed by atoms with E-state index in [-0.39, 0.29) is 5.69 Å². The smallest absolute Gasteiger partial charge is 0.271 e. The van der Waals surface area contributed by atoms with Crippen molar-refractivity contribution in [3.05, 3.63) is 58.1 Å². The lowest BCUT2D eigenvalue weighted by Crippen LogP contribution is -2.02. The molecule has 110 valence electrons. The molecule has 0 amide bonds. The second-order valence-electron chi connectivity index (χ2n) is 4.34. The predicted octanol–water partition coefficient (Wildman–Crippen LogP) is 3.22. The summed E-state index contributed by atoms with van der Waals surface area (Å²) >= 11 is 0. The van der Waals surface area contributed by atoms with Crippen LogP contribution in [0.15, 0.2) is 42.5 Å². The second-order valence-corrected chi connectivity index (χ2v) is 4.34. The minimum Gasteiger partial charge on any atom is -0.497 e. The van der Waals surface area contributed by atoms with Crippen molar-refractivity contribution in [1.29, 1.82) is 0 Å². The Morgan fingerprint density at radius 1 is 1.14 bits per heavy atom. The molecule has 0 spiro atoms. The summed E-state index contributed by atoms with van der Waals surface area (Å²) in [6, 6.07) is 11.9. The molecule has 0 aliphatic carbocycles. The minimum absolute atomic E-state index is 0.0571. The van der Waals surface area contributed by atoms with Gasteiger partial charge in [-0.25, -0.2) is 0 Å². The van der Waals surface area contributed by atoms with Crippen LogP contribution in [0.5, 0.6) is 11.5 Å². The second kappa shape index (κ2) is 6.60. The van der Waals surface area contributed by atoms with E-state index in [1.807, 2.05) is 12.1 Å². The number of nitrogens with one attached hydrogen (secondary N) is 1. The van der Waals surface area contributed by atoms with Crippen molar-refractivity contribution in [2.24, 2.45) is 0 Å². The van der Waals surface area contributed by atoms with Gasteiger partial charge in [-0.15, -0.1) is 0 Å². The van der Waals surface area contributed by atoms with E-state index >= 15 is 0 Å². The lowest BCUT2D eigenvalue weighted by atomic mass is 10.2. The molecule has 0 saturated heterocycles. The summed E-state index contributed by atoms with van der Waals surface area (Å²) in [7, 11) is 3.18. The molecule has 0 aliphatic heterocycles. The maximum Gasteiger partial charge on any atom is 0.271 e. The average Bonchev–Trinajstić information content (AvgIpc) is 2.53. The summed E-state index contributed by atoms with van der Waals surface area (Å²) in [5, 5.41) is 13.9. The summed E-state index contributed by atoms with van der Waals surface area (Å²) in [5.74, 6) is 1.42. The Morgan fingerprint density at radius 2 is 1.95 bits per heavy atom. The first-order valence-corrected chi connectivity index (χ1v) is 6.33. The number of hydrogen-bond acceptors (Lipinski definition) is 5. The Morgan fingerprint density at radius 3 is 2.62 bits per heavy atom. The molecule has 6 heteroatoms. The molecule has 0 heterocycles. The number of non-ortho nitro benzene ring substituents is 1. The van der Waals surface area contributed by atoms with Crippen molar-refractivity contribution < 1.29 is 14.4 Å². The highest BCUT2D eigenvalue weighted by Crippen LogP contribution is 2.26. The van der Waals surface area contributed by atoms with Crippen LogP contribution in [-0.2, 0) is 6.54 Å². The third-order valence-corrected chi connectivity index (χ3v) is 3.03. The Labute approximate surface area is 122 Å². The van der Waals surface area contributed by atoms with Crippen LogP contribution in [0.3, 0.4) is 0 Å². The molecule has 0 radical (unpaired) electrons. The Kier molecular flexibility index (Phi) is 4.61. The number of nitro groups is 1. The molecule has 0 atom stereocenters. The molecule has 2 aromatic rings. The lowest BCUT2D eigenvalue weighted by molar-refractivity contribution is -0.384. The van der Waals surface area contributed by atoms with Crippen LogP contribution in [0.4, 0.5) is 11.4 Å². The van der Waals surface area contributed by atoms with Gasteiger partial charge in [0.25, 0.3) is 5.69 Å². The third kappa shape index (κ3) is 3.62. The maximum absolute atomic E-state index is 10.7. The molecule has 0 aliphatic rings. The number of rotatable bonds is 6. The van der Waals surface area contributed by atoms with E-state index in [0.29, 0.717) is 23.7 Å². The maximum atomic E-state index is 10.7. The molecule has 0 aromatic heterocycles. The molecule has 1 N–H and O–H groups in total. The van der Waals surface area contributed by atoms with Crippen molar-refractivity contribution in [1.82, 2.24) is 0 Å². The van der Waals surface area contributed by atoms with Gasteiger partial charge in [-0.05, 0) is 18.2 Å². The van der Waals surface area contributed by atoms with Gasteiger partial charge in [0.05, 0.1) is 19.1 Å². The normalized spacial score (nSPS) is 10.0. The van der Waals surface area contributed by atoms with Crippen LogP contribution >= 0.6 is 0 Å². The van der Waals surface area contributed by atoms with Crippen LogP contribution in [0.25, 0.3) is 0 Å².